The lowest BCUT2D eigenvalue weighted by molar-refractivity contribution is -0.122. The van der Waals surface area contributed by atoms with Gasteiger partial charge in [-0.2, -0.15) is 0 Å². The Bertz CT molecular complexity index is 416. The fourth-order valence-corrected chi connectivity index (χ4v) is 1.32. The topological polar surface area (TPSA) is 84.2 Å². The highest BCUT2D eigenvalue weighted by molar-refractivity contribution is 5.94. The molecule has 0 aliphatic rings. The predicted molar refractivity (Wildman–Crippen MR) is 65.3 cm³/mol. The van der Waals surface area contributed by atoms with Gasteiger partial charge in [0.05, 0.1) is 6.04 Å². The van der Waals surface area contributed by atoms with Gasteiger partial charge in [-0.15, -0.1) is 0 Å². The maximum Gasteiger partial charge on any atom is 0.251 e. The van der Waals surface area contributed by atoms with E-state index in [0.29, 0.717) is 12.1 Å². The molecule has 0 unspecified atom stereocenters. The standard InChI is InChI=1S/C12H17N3O2/c1-8(13)11(16)15-7-9-4-3-5-10(6-9)12(17)14-2/h3-6,8H,7,13H2,1-2H3,(H,14,17)(H,15,16)/t8-/m1/s1. The van der Waals surface area contributed by atoms with E-state index in [1.165, 1.54) is 0 Å². The summed E-state index contributed by atoms with van der Waals surface area (Å²) in [5.74, 6) is -0.360. The Morgan fingerprint density at radius 2 is 2.12 bits per heavy atom. The second-order valence-corrected chi connectivity index (χ2v) is 3.79. The molecule has 0 saturated carbocycles. The average molecular weight is 235 g/mol. The van der Waals surface area contributed by atoms with E-state index >= 15 is 0 Å². The summed E-state index contributed by atoms with van der Waals surface area (Å²) < 4.78 is 0. The Balaban J connectivity index is 2.66. The number of benzene rings is 1. The Morgan fingerprint density at radius 1 is 1.41 bits per heavy atom. The van der Waals surface area contributed by atoms with Gasteiger partial charge in [0.25, 0.3) is 5.91 Å². The summed E-state index contributed by atoms with van der Waals surface area (Å²) in [4.78, 5) is 22.7. The lowest BCUT2D eigenvalue weighted by Crippen LogP contribution is -2.37. The molecule has 4 N–H and O–H groups in total. The van der Waals surface area contributed by atoms with Crippen LogP contribution in [0.4, 0.5) is 0 Å². The zero-order chi connectivity index (χ0) is 12.8. The minimum Gasteiger partial charge on any atom is -0.355 e. The van der Waals surface area contributed by atoms with E-state index in [4.69, 9.17) is 5.73 Å². The van der Waals surface area contributed by atoms with Crippen LogP contribution in [0.5, 0.6) is 0 Å². The van der Waals surface area contributed by atoms with Crippen LogP contribution in [0.15, 0.2) is 24.3 Å². The summed E-state index contributed by atoms with van der Waals surface area (Å²) in [5.41, 5.74) is 6.85. The first-order valence-corrected chi connectivity index (χ1v) is 5.39. The molecule has 1 aromatic carbocycles. The number of hydrogen-bond acceptors (Lipinski definition) is 3. The molecule has 0 fully saturated rings. The number of carbonyl (C=O) groups is 2. The van der Waals surface area contributed by atoms with Gasteiger partial charge in [-0.1, -0.05) is 12.1 Å². The zero-order valence-electron chi connectivity index (χ0n) is 9.99. The van der Waals surface area contributed by atoms with Gasteiger partial charge in [0, 0.05) is 19.2 Å². The molecule has 2 amide bonds. The smallest absolute Gasteiger partial charge is 0.251 e. The summed E-state index contributed by atoms with van der Waals surface area (Å²) in [6, 6.07) is 6.54. The number of nitrogens with two attached hydrogens (primary N) is 1. The van der Waals surface area contributed by atoms with Crippen molar-refractivity contribution in [3.8, 4) is 0 Å². The largest absolute Gasteiger partial charge is 0.355 e. The molecule has 0 bridgehead atoms. The van der Waals surface area contributed by atoms with Crippen LogP contribution in [-0.2, 0) is 11.3 Å². The molecule has 0 aliphatic heterocycles. The van der Waals surface area contributed by atoms with Crippen LogP contribution in [0.3, 0.4) is 0 Å². The molecule has 0 aromatic heterocycles. The van der Waals surface area contributed by atoms with Crippen molar-refractivity contribution in [1.82, 2.24) is 10.6 Å². The summed E-state index contributed by atoms with van der Waals surface area (Å²) >= 11 is 0. The molecule has 0 aliphatic carbocycles. The first-order chi connectivity index (χ1) is 8.04. The van der Waals surface area contributed by atoms with Gasteiger partial charge in [-0.3, -0.25) is 9.59 Å². The van der Waals surface area contributed by atoms with Crippen LogP contribution in [0, 0.1) is 0 Å². The minimum atomic E-state index is -0.530. The Hall–Kier alpha value is -1.88. The molecular weight excluding hydrogens is 218 g/mol. The quantitative estimate of drug-likeness (QED) is 0.687. The first kappa shape index (κ1) is 13.2. The number of nitrogens with one attached hydrogen (secondary N) is 2. The van der Waals surface area contributed by atoms with E-state index in [1.807, 2.05) is 6.07 Å². The number of hydrogen-bond donors (Lipinski definition) is 3. The van der Waals surface area contributed by atoms with Crippen molar-refractivity contribution in [2.75, 3.05) is 7.05 Å². The molecule has 0 saturated heterocycles. The van der Waals surface area contributed by atoms with Crippen LogP contribution < -0.4 is 16.4 Å². The minimum absolute atomic E-state index is 0.148. The lowest BCUT2D eigenvalue weighted by Gasteiger charge is -2.08. The second-order valence-electron chi connectivity index (χ2n) is 3.79. The third-order valence-electron chi connectivity index (χ3n) is 2.30. The van der Waals surface area contributed by atoms with Gasteiger partial charge in [0.1, 0.15) is 0 Å². The second kappa shape index (κ2) is 6.00. The van der Waals surface area contributed by atoms with E-state index in [2.05, 4.69) is 10.6 Å². The van der Waals surface area contributed by atoms with Crippen LogP contribution in [0.25, 0.3) is 0 Å². The van der Waals surface area contributed by atoms with Crippen LogP contribution in [0.2, 0.25) is 0 Å². The molecule has 0 heterocycles. The number of carbonyl (C=O) groups excluding carboxylic acids is 2. The van der Waals surface area contributed by atoms with Gasteiger partial charge in [0.2, 0.25) is 5.91 Å². The highest BCUT2D eigenvalue weighted by Gasteiger charge is 2.07. The lowest BCUT2D eigenvalue weighted by atomic mass is 10.1. The zero-order valence-corrected chi connectivity index (χ0v) is 9.99. The summed E-state index contributed by atoms with van der Waals surface area (Å²) in [6.45, 7) is 1.99. The highest BCUT2D eigenvalue weighted by Crippen LogP contribution is 2.05. The molecule has 1 aromatic rings. The van der Waals surface area contributed by atoms with E-state index in [9.17, 15) is 9.59 Å². The average Bonchev–Trinajstić information content (AvgIpc) is 2.35. The van der Waals surface area contributed by atoms with Crippen molar-refractivity contribution in [3.05, 3.63) is 35.4 Å². The summed E-state index contributed by atoms with van der Waals surface area (Å²) in [6.07, 6.45) is 0. The Morgan fingerprint density at radius 3 is 2.71 bits per heavy atom. The van der Waals surface area contributed by atoms with E-state index in [1.54, 1.807) is 32.2 Å². The van der Waals surface area contributed by atoms with Crippen molar-refractivity contribution >= 4 is 11.8 Å². The van der Waals surface area contributed by atoms with E-state index in [-0.39, 0.29) is 11.8 Å². The highest BCUT2D eigenvalue weighted by atomic mass is 16.2. The molecule has 1 atom stereocenters. The molecule has 5 heteroatoms. The number of amides is 2. The molecule has 1 rings (SSSR count). The maximum atomic E-state index is 11.4. The van der Waals surface area contributed by atoms with Gasteiger partial charge in [-0.25, -0.2) is 0 Å². The molecular formula is C12H17N3O2. The normalized spacial score (nSPS) is 11.7. The number of rotatable bonds is 4. The fraction of sp³-hybridized carbons (Fsp3) is 0.333. The molecule has 17 heavy (non-hydrogen) atoms. The van der Waals surface area contributed by atoms with Crippen LogP contribution in [0.1, 0.15) is 22.8 Å². The van der Waals surface area contributed by atoms with Crippen LogP contribution >= 0.6 is 0 Å². The summed E-state index contributed by atoms with van der Waals surface area (Å²) in [5, 5.41) is 5.23. The van der Waals surface area contributed by atoms with Crippen molar-refractivity contribution in [2.24, 2.45) is 5.73 Å². The van der Waals surface area contributed by atoms with E-state index < -0.39 is 6.04 Å². The summed E-state index contributed by atoms with van der Waals surface area (Å²) in [7, 11) is 1.58. The van der Waals surface area contributed by atoms with Crippen molar-refractivity contribution in [1.29, 1.82) is 0 Å². The van der Waals surface area contributed by atoms with Gasteiger partial charge in [0.15, 0.2) is 0 Å². The third kappa shape index (κ3) is 3.88. The third-order valence-corrected chi connectivity index (χ3v) is 2.30. The monoisotopic (exact) mass is 235 g/mol. The van der Waals surface area contributed by atoms with Gasteiger partial charge < -0.3 is 16.4 Å². The van der Waals surface area contributed by atoms with Crippen molar-refractivity contribution in [2.45, 2.75) is 19.5 Å². The molecule has 5 nitrogen and oxygen atoms in total. The molecule has 0 radical (unpaired) electrons. The SMILES string of the molecule is CNC(=O)c1cccc(CNC(=O)[C@@H](C)N)c1. The van der Waals surface area contributed by atoms with Gasteiger partial charge >= 0.3 is 0 Å². The fourth-order valence-electron chi connectivity index (χ4n) is 1.32. The Labute approximate surface area is 100 Å². The predicted octanol–water partition coefficient (Wildman–Crippen LogP) is 0.00960. The molecule has 0 spiro atoms. The Kier molecular flexibility index (Phi) is 4.66. The van der Waals surface area contributed by atoms with E-state index in [0.717, 1.165) is 5.56 Å². The van der Waals surface area contributed by atoms with Gasteiger partial charge in [-0.05, 0) is 24.6 Å². The molecule has 92 valence electrons. The van der Waals surface area contributed by atoms with Crippen LogP contribution in [-0.4, -0.2) is 24.9 Å². The van der Waals surface area contributed by atoms with Crippen molar-refractivity contribution < 1.29 is 9.59 Å². The van der Waals surface area contributed by atoms with Crippen molar-refractivity contribution in [3.63, 3.8) is 0 Å². The maximum absolute atomic E-state index is 11.4. The first-order valence-electron chi connectivity index (χ1n) is 5.39.